The molecule has 0 heterocycles. The van der Waals surface area contributed by atoms with Crippen LogP contribution in [0.2, 0.25) is 0 Å². The lowest BCUT2D eigenvalue weighted by atomic mass is 10.0. The molecule has 2 rings (SSSR count). The third-order valence-electron chi connectivity index (χ3n) is 1.69. The van der Waals surface area contributed by atoms with Crippen molar-refractivity contribution >= 4 is 0 Å². The Hall–Kier alpha value is -1.56. The minimum absolute atomic E-state index is 0.743. The van der Waals surface area contributed by atoms with E-state index in [4.69, 9.17) is 27.4 Å². The molecule has 17 heavy (non-hydrogen) atoms. The zero-order valence-corrected chi connectivity index (χ0v) is 8.50. The summed E-state index contributed by atoms with van der Waals surface area (Å²) in [6, 6.07) is -9.19. The molecule has 0 amide bonds. The SMILES string of the molecule is [2H]c1c([2H])c([2H])c(-c2c([2H])c([2H])c(C([2H])([2H])C([2H])([2H])C([2H])([2H])C([2H])([2H])C([2H])([2H])[2H])c([2H])c2[2H])c([2H])c1[2H]. The summed E-state index contributed by atoms with van der Waals surface area (Å²) in [5.74, 6) is 0. The summed E-state index contributed by atoms with van der Waals surface area (Å²) in [7, 11) is 0. The van der Waals surface area contributed by atoms with E-state index < -0.39 is 103 Å². The zero-order valence-electron chi connectivity index (χ0n) is 28.5. The summed E-state index contributed by atoms with van der Waals surface area (Å²) in [4.78, 5) is 0. The first-order valence-corrected chi connectivity index (χ1v) is 4.50. The fourth-order valence-electron chi connectivity index (χ4n) is 1.00. The summed E-state index contributed by atoms with van der Waals surface area (Å²) in [5.41, 5.74) is -2.95. The molecule has 0 fully saturated rings. The molecule has 0 aromatic heterocycles. The van der Waals surface area contributed by atoms with E-state index in [1.165, 1.54) is 0 Å². The van der Waals surface area contributed by atoms with Gasteiger partial charge in [0.05, 0.1) is 12.3 Å². The fourth-order valence-corrected chi connectivity index (χ4v) is 1.00. The summed E-state index contributed by atoms with van der Waals surface area (Å²) in [6.45, 7) is -3.76. The second-order valence-corrected chi connectivity index (χ2v) is 2.75. The first-order chi connectivity index (χ1) is 16.3. The topological polar surface area (TPSA) is 0 Å². The molecule has 2 aromatic carbocycles. The lowest BCUT2D eigenvalue weighted by molar-refractivity contribution is 0.717. The molecule has 0 nitrogen and oxygen atoms in total. The maximum Gasteiger partial charge on any atom is 0.0629 e. The summed E-state index contributed by atoms with van der Waals surface area (Å²) >= 11 is 0. The summed E-state index contributed by atoms with van der Waals surface area (Å²) < 4.78 is 158. The molecule has 2 aromatic rings. The quantitative estimate of drug-likeness (QED) is 0.687. The minimum Gasteiger partial charge on any atom is -0.0654 e. The third-order valence-corrected chi connectivity index (χ3v) is 1.69. The molecule has 0 N–H and O–H groups in total. The van der Waals surface area contributed by atoms with Gasteiger partial charge in [0.2, 0.25) is 0 Å². The molecule has 0 aliphatic carbocycles. The fraction of sp³-hybridized carbons (Fsp3) is 0.294. The second-order valence-electron chi connectivity index (χ2n) is 2.75. The van der Waals surface area contributed by atoms with Gasteiger partial charge in [-0.2, -0.15) is 0 Å². The van der Waals surface area contributed by atoms with Gasteiger partial charge in [-0.25, -0.2) is 0 Å². The van der Waals surface area contributed by atoms with E-state index >= 15 is 0 Å². The van der Waals surface area contributed by atoms with Gasteiger partial charge in [0.15, 0.2) is 0 Å². The predicted molar refractivity (Wildman–Crippen MR) is 75.1 cm³/mol. The van der Waals surface area contributed by atoms with Crippen molar-refractivity contribution in [1.29, 1.82) is 0 Å². The van der Waals surface area contributed by atoms with Crippen LogP contribution in [0, 0.1) is 0 Å². The Bertz CT molecular complexity index is 1190. The monoisotopic (exact) mass is 244 g/mol. The van der Waals surface area contributed by atoms with Crippen LogP contribution in [0.5, 0.6) is 0 Å². The van der Waals surface area contributed by atoms with Crippen LogP contribution >= 0.6 is 0 Å². The van der Waals surface area contributed by atoms with Crippen LogP contribution in [0.4, 0.5) is 0 Å². The average molecular weight is 244 g/mol. The average Bonchev–Trinajstić information content (AvgIpc) is 2.76. The largest absolute Gasteiger partial charge is 0.0654 e. The van der Waals surface area contributed by atoms with Crippen LogP contribution in [-0.2, 0) is 6.37 Å². The van der Waals surface area contributed by atoms with E-state index in [9.17, 15) is 0 Å². The molecule has 0 atom stereocenters. The van der Waals surface area contributed by atoms with Crippen LogP contribution in [-0.4, -0.2) is 0 Å². The Balaban J connectivity index is 2.97. The van der Waals surface area contributed by atoms with Crippen molar-refractivity contribution < 1.29 is 27.4 Å². The van der Waals surface area contributed by atoms with Gasteiger partial charge in [-0.1, -0.05) is 74.0 Å². The first kappa shape index (κ1) is 2.42. The van der Waals surface area contributed by atoms with Gasteiger partial charge in [-0.05, 0) is 29.4 Å². The van der Waals surface area contributed by atoms with E-state index in [1.54, 1.807) is 0 Å². The van der Waals surface area contributed by atoms with Crippen molar-refractivity contribution in [2.45, 2.75) is 32.3 Å². The number of benzene rings is 2. The van der Waals surface area contributed by atoms with Gasteiger partial charge in [0, 0.05) is 15.1 Å². The number of hydrogen-bond acceptors (Lipinski definition) is 0. The van der Waals surface area contributed by atoms with Gasteiger partial charge in [-0.15, -0.1) is 0 Å². The molecule has 0 heteroatoms. The van der Waals surface area contributed by atoms with Gasteiger partial charge >= 0.3 is 0 Å². The maximum absolute atomic E-state index is 8.29. The van der Waals surface area contributed by atoms with Gasteiger partial charge in [0.1, 0.15) is 0 Å². The van der Waals surface area contributed by atoms with E-state index in [0.29, 0.717) is 0 Å². The molecule has 0 spiro atoms. The lowest BCUT2D eigenvalue weighted by Crippen LogP contribution is -1.85. The van der Waals surface area contributed by atoms with Crippen LogP contribution in [0.25, 0.3) is 11.1 Å². The van der Waals surface area contributed by atoms with Crippen LogP contribution in [0.15, 0.2) is 54.4 Å². The Kier molecular flexibility index (Phi) is 0.890. The van der Waals surface area contributed by atoms with Gasteiger partial charge in [-0.3, -0.25) is 0 Å². The Morgan fingerprint density at radius 2 is 1.65 bits per heavy atom. The standard InChI is InChI=1S/C17H20/c1-2-3-5-8-15-11-13-17(14-12-15)16-9-6-4-7-10-16/h4,6-7,9-14H,2-3,5,8H2,1H3/i1D3,2D2,3D2,4D,5D2,6D,7D,8D2,9D,10D,11D,12D,13D,14D. The molecule has 0 saturated heterocycles. The smallest absolute Gasteiger partial charge is 0.0629 e. The minimum atomic E-state index is -4.11. The van der Waals surface area contributed by atoms with Crippen molar-refractivity contribution in [3.8, 4) is 11.1 Å². The van der Waals surface area contributed by atoms with E-state index in [2.05, 4.69) is 0 Å². The van der Waals surface area contributed by atoms with Crippen molar-refractivity contribution in [2.75, 3.05) is 0 Å². The maximum atomic E-state index is 8.29. The Labute approximate surface area is 132 Å². The van der Waals surface area contributed by atoms with Crippen molar-refractivity contribution in [3.63, 3.8) is 0 Å². The van der Waals surface area contributed by atoms with E-state index in [-0.39, 0.29) is 0 Å². The van der Waals surface area contributed by atoms with Crippen LogP contribution in [0.3, 0.4) is 0 Å². The summed E-state index contributed by atoms with van der Waals surface area (Å²) in [6.07, 6.45) is -16.0. The van der Waals surface area contributed by atoms with Gasteiger partial charge < -0.3 is 0 Å². The molecule has 0 radical (unpaired) electrons. The predicted octanol–water partition coefficient (Wildman–Crippen LogP) is 5.09. The van der Waals surface area contributed by atoms with Crippen molar-refractivity contribution in [2.24, 2.45) is 0 Å². The van der Waals surface area contributed by atoms with Crippen LogP contribution < -0.4 is 0 Å². The highest BCUT2D eigenvalue weighted by Gasteiger charge is 1.97. The second kappa shape index (κ2) is 6.24. The van der Waals surface area contributed by atoms with E-state index in [0.717, 1.165) is 0 Å². The van der Waals surface area contributed by atoms with Gasteiger partial charge in [0.25, 0.3) is 0 Å². The van der Waals surface area contributed by atoms with Crippen LogP contribution in [0.1, 0.15) is 58.9 Å². The Morgan fingerprint density at radius 3 is 2.35 bits per heavy atom. The summed E-state index contributed by atoms with van der Waals surface area (Å²) in [5, 5.41) is 0. The number of hydrogen-bond donors (Lipinski definition) is 0. The van der Waals surface area contributed by atoms with E-state index in [1.807, 2.05) is 0 Å². The first-order valence-electron chi connectivity index (χ1n) is 14.5. The number of rotatable bonds is 5. The zero-order chi connectivity index (χ0) is 29.4. The third kappa shape index (κ3) is 3.45. The lowest BCUT2D eigenvalue weighted by Gasteiger charge is -2.04. The normalized spacial score (nSPS) is 31.5. The highest BCUT2D eigenvalue weighted by molar-refractivity contribution is 5.63. The Morgan fingerprint density at radius 1 is 0.941 bits per heavy atom. The molecule has 0 unspecified atom stereocenters. The molecule has 88 valence electrons. The highest BCUT2D eigenvalue weighted by atomic mass is 14.0. The molecule has 0 saturated carbocycles. The van der Waals surface area contributed by atoms with Crippen molar-refractivity contribution in [3.05, 3.63) is 59.9 Å². The molecule has 0 aliphatic heterocycles. The molecule has 0 aliphatic rings. The van der Waals surface area contributed by atoms with Crippen molar-refractivity contribution in [1.82, 2.24) is 0 Å². The molecule has 0 bridgehead atoms. The highest BCUT2D eigenvalue weighted by Crippen LogP contribution is 2.19. The molecular formula is C17H20. The molecular weight excluding hydrogens is 204 g/mol.